The van der Waals surface area contributed by atoms with Gasteiger partial charge in [-0.2, -0.15) is 0 Å². The van der Waals surface area contributed by atoms with Gasteiger partial charge < -0.3 is 20.1 Å². The summed E-state index contributed by atoms with van der Waals surface area (Å²) in [7, 11) is 0. The van der Waals surface area contributed by atoms with Crippen LogP contribution in [0.2, 0.25) is 0 Å². The molecule has 0 spiro atoms. The second-order valence-corrected chi connectivity index (χ2v) is 9.94. The highest BCUT2D eigenvalue weighted by molar-refractivity contribution is 7.80. The van der Waals surface area contributed by atoms with Crippen LogP contribution in [0.15, 0.2) is 85.2 Å². The number of carbonyl (C=O) groups is 1. The number of hydrogen-bond donors (Lipinski definition) is 2. The highest BCUT2D eigenvalue weighted by Gasteiger charge is 2.41. The molecule has 2 aromatic carbocycles. The second kappa shape index (κ2) is 10.6. The number of benzene rings is 2. The summed E-state index contributed by atoms with van der Waals surface area (Å²) in [6, 6.07) is 24.1. The van der Waals surface area contributed by atoms with E-state index >= 15 is 0 Å². The van der Waals surface area contributed by atoms with Crippen LogP contribution in [0, 0.1) is 20.8 Å². The van der Waals surface area contributed by atoms with Crippen molar-refractivity contribution in [3.05, 3.63) is 113 Å². The maximum atomic E-state index is 12.8. The first-order valence-corrected chi connectivity index (χ1v) is 12.9. The molecule has 0 radical (unpaired) electrons. The fourth-order valence-electron chi connectivity index (χ4n) is 4.80. The Kier molecular flexibility index (Phi) is 7.06. The molecule has 2 N–H and O–H groups in total. The van der Waals surface area contributed by atoms with Crippen LogP contribution in [-0.2, 0) is 4.79 Å². The van der Waals surface area contributed by atoms with Crippen LogP contribution < -0.4 is 10.6 Å². The van der Waals surface area contributed by atoms with Crippen LogP contribution in [0.1, 0.15) is 46.6 Å². The largest absolute Gasteiger partial charge is 0.352 e. The molecule has 0 bridgehead atoms. The van der Waals surface area contributed by atoms with E-state index in [1.165, 1.54) is 11.1 Å². The van der Waals surface area contributed by atoms with Crippen molar-refractivity contribution in [2.24, 2.45) is 0 Å². The summed E-state index contributed by atoms with van der Waals surface area (Å²) in [6.45, 7) is 6.76. The number of aromatic nitrogens is 2. The minimum Gasteiger partial charge on any atom is -0.352 e. The van der Waals surface area contributed by atoms with Crippen LogP contribution in [0.3, 0.4) is 0 Å². The number of thiocarbonyl (C=S) groups is 1. The van der Waals surface area contributed by atoms with Gasteiger partial charge in [0.2, 0.25) is 5.91 Å². The van der Waals surface area contributed by atoms with E-state index in [0.29, 0.717) is 18.1 Å². The summed E-state index contributed by atoms with van der Waals surface area (Å²) in [5, 5.41) is 7.11. The Morgan fingerprint density at radius 3 is 2.54 bits per heavy atom. The van der Waals surface area contributed by atoms with E-state index < -0.39 is 0 Å². The predicted molar refractivity (Wildman–Crippen MR) is 152 cm³/mol. The maximum Gasteiger partial charge on any atom is 0.226 e. The molecular weight excluding hydrogens is 478 g/mol. The molecule has 1 saturated heterocycles. The van der Waals surface area contributed by atoms with Gasteiger partial charge in [-0.15, -0.1) is 0 Å². The first-order chi connectivity index (χ1) is 17.9. The number of nitrogens with one attached hydrogen (secondary N) is 2. The lowest BCUT2D eigenvalue weighted by Crippen LogP contribution is -2.33. The predicted octanol–water partition coefficient (Wildman–Crippen LogP) is 5.80. The summed E-state index contributed by atoms with van der Waals surface area (Å²) in [6.07, 6.45) is 4.20. The molecule has 3 heterocycles. The summed E-state index contributed by atoms with van der Waals surface area (Å²) < 4.78 is 2.21. The standard InChI is InChI=1S/C30H31N5OS/c1-20-9-12-23(13-10-20)32-27(36)15-18-35-29(28(33-30(35)37)25-7-4-5-16-31-25)26-8-6-17-34(26)24-14-11-21(2)22(3)19-24/h4-14,16-17,19,28-29H,15,18H2,1-3H3,(H,32,36)(H,33,37)/t28-,29-/m1/s1. The summed E-state index contributed by atoms with van der Waals surface area (Å²) >= 11 is 5.81. The number of carbonyl (C=O) groups excluding carboxylic acids is 1. The smallest absolute Gasteiger partial charge is 0.226 e. The first-order valence-electron chi connectivity index (χ1n) is 12.5. The SMILES string of the molecule is Cc1ccc(NC(=O)CCN2C(=S)N[C@H](c3ccccn3)[C@H]2c2cccn2-c2ccc(C)c(C)c2)cc1. The molecule has 4 aromatic rings. The van der Waals surface area contributed by atoms with Crippen molar-refractivity contribution in [1.82, 2.24) is 19.8 Å². The Balaban J connectivity index is 1.44. The number of hydrogen-bond acceptors (Lipinski definition) is 3. The summed E-state index contributed by atoms with van der Waals surface area (Å²) in [4.78, 5) is 19.6. The van der Waals surface area contributed by atoms with Crippen LogP contribution >= 0.6 is 12.2 Å². The third-order valence-electron chi connectivity index (χ3n) is 6.96. The Bertz CT molecular complexity index is 1410. The summed E-state index contributed by atoms with van der Waals surface area (Å²) in [5.41, 5.74) is 7.54. The zero-order chi connectivity index (χ0) is 25.9. The molecule has 7 heteroatoms. The minimum absolute atomic E-state index is 0.0452. The number of aryl methyl sites for hydroxylation is 3. The molecule has 37 heavy (non-hydrogen) atoms. The Hall–Kier alpha value is -3.97. The lowest BCUT2D eigenvalue weighted by Gasteiger charge is -2.29. The minimum atomic E-state index is -0.144. The van der Waals surface area contributed by atoms with E-state index in [9.17, 15) is 4.79 Å². The van der Waals surface area contributed by atoms with Gasteiger partial charge in [-0.25, -0.2) is 0 Å². The molecule has 1 aliphatic heterocycles. The average Bonchev–Trinajstić information content (AvgIpc) is 3.50. The molecular formula is C30H31N5OS. The van der Waals surface area contributed by atoms with Gasteiger partial charge in [-0.3, -0.25) is 9.78 Å². The molecule has 6 nitrogen and oxygen atoms in total. The molecule has 5 rings (SSSR count). The molecule has 1 fully saturated rings. The molecule has 0 aliphatic carbocycles. The van der Waals surface area contributed by atoms with Crippen LogP contribution in [0.5, 0.6) is 0 Å². The number of nitrogens with zero attached hydrogens (tertiary/aromatic N) is 3. The monoisotopic (exact) mass is 509 g/mol. The van der Waals surface area contributed by atoms with Crippen molar-refractivity contribution in [3.8, 4) is 5.69 Å². The van der Waals surface area contributed by atoms with Crippen molar-refractivity contribution < 1.29 is 4.79 Å². The topological polar surface area (TPSA) is 62.2 Å². The summed E-state index contributed by atoms with van der Waals surface area (Å²) in [5.74, 6) is -0.0452. The third kappa shape index (κ3) is 5.27. The normalized spacial score (nSPS) is 17.1. The number of pyridine rings is 1. The van der Waals surface area contributed by atoms with E-state index in [2.05, 4.69) is 75.5 Å². The van der Waals surface area contributed by atoms with Crippen molar-refractivity contribution in [2.45, 2.75) is 39.3 Å². The van der Waals surface area contributed by atoms with Gasteiger partial charge in [0.25, 0.3) is 0 Å². The fourth-order valence-corrected chi connectivity index (χ4v) is 5.13. The maximum absolute atomic E-state index is 12.8. The van der Waals surface area contributed by atoms with E-state index in [1.54, 1.807) is 6.20 Å². The third-order valence-corrected chi connectivity index (χ3v) is 7.32. The Morgan fingerprint density at radius 2 is 1.81 bits per heavy atom. The van der Waals surface area contributed by atoms with E-state index in [1.807, 2.05) is 49.4 Å². The quantitative estimate of drug-likeness (QED) is 0.309. The fraction of sp³-hybridized carbons (Fsp3) is 0.233. The van der Waals surface area contributed by atoms with Crippen LogP contribution in [-0.4, -0.2) is 32.0 Å². The zero-order valence-corrected chi connectivity index (χ0v) is 22.1. The molecule has 0 unspecified atom stereocenters. The lowest BCUT2D eigenvalue weighted by atomic mass is 10.0. The van der Waals surface area contributed by atoms with Crippen LogP contribution in [0.4, 0.5) is 5.69 Å². The van der Waals surface area contributed by atoms with Gasteiger partial charge in [0, 0.05) is 42.4 Å². The highest BCUT2D eigenvalue weighted by Crippen LogP contribution is 2.39. The molecule has 1 aliphatic rings. The van der Waals surface area contributed by atoms with Crippen molar-refractivity contribution in [3.63, 3.8) is 0 Å². The van der Waals surface area contributed by atoms with Gasteiger partial charge in [0.1, 0.15) is 0 Å². The lowest BCUT2D eigenvalue weighted by molar-refractivity contribution is -0.116. The molecule has 1 amide bonds. The van der Waals surface area contributed by atoms with Crippen molar-refractivity contribution in [2.75, 3.05) is 11.9 Å². The van der Waals surface area contributed by atoms with Gasteiger partial charge in [0.05, 0.1) is 17.8 Å². The van der Waals surface area contributed by atoms with E-state index in [-0.39, 0.29) is 18.0 Å². The van der Waals surface area contributed by atoms with Gasteiger partial charge in [-0.05, 0) is 92.6 Å². The molecule has 188 valence electrons. The van der Waals surface area contributed by atoms with E-state index in [4.69, 9.17) is 12.2 Å². The average molecular weight is 510 g/mol. The van der Waals surface area contributed by atoms with Crippen molar-refractivity contribution >= 4 is 28.9 Å². The second-order valence-electron chi connectivity index (χ2n) is 9.56. The number of amides is 1. The number of rotatable bonds is 7. The van der Waals surface area contributed by atoms with Gasteiger partial charge in [-0.1, -0.05) is 29.8 Å². The Labute approximate surface area is 223 Å². The van der Waals surface area contributed by atoms with E-state index in [0.717, 1.165) is 28.3 Å². The Morgan fingerprint density at radius 1 is 1.00 bits per heavy atom. The molecule has 0 saturated carbocycles. The van der Waals surface area contributed by atoms with Gasteiger partial charge >= 0.3 is 0 Å². The molecule has 2 atom stereocenters. The van der Waals surface area contributed by atoms with Crippen LogP contribution in [0.25, 0.3) is 5.69 Å². The van der Waals surface area contributed by atoms with Crippen molar-refractivity contribution in [1.29, 1.82) is 0 Å². The highest BCUT2D eigenvalue weighted by atomic mass is 32.1. The molecule has 2 aromatic heterocycles. The zero-order valence-electron chi connectivity index (χ0n) is 21.3. The van der Waals surface area contributed by atoms with Gasteiger partial charge in [0.15, 0.2) is 5.11 Å². The first kappa shape index (κ1) is 24.7. The number of anilines is 1.